The average molecular weight is 530 g/mol. The highest BCUT2D eigenvalue weighted by Gasteiger charge is 2.36. The van der Waals surface area contributed by atoms with Gasteiger partial charge in [-0.1, -0.05) is 37.0 Å². The average Bonchev–Trinajstić information content (AvgIpc) is 3.10. The number of ether oxygens (including phenoxy) is 1. The van der Waals surface area contributed by atoms with Gasteiger partial charge >= 0.3 is 5.97 Å². The number of fused-ring (bicyclic) bond motifs is 1. The molecule has 0 aromatic carbocycles. The van der Waals surface area contributed by atoms with E-state index in [1.165, 1.54) is 15.4 Å². The molecule has 0 radical (unpaired) electrons. The van der Waals surface area contributed by atoms with Crippen LogP contribution in [-0.2, 0) is 19.1 Å². The van der Waals surface area contributed by atoms with Crippen LogP contribution in [0.4, 0.5) is 5.82 Å². The van der Waals surface area contributed by atoms with Crippen molar-refractivity contribution in [3.05, 3.63) is 44.7 Å². The lowest BCUT2D eigenvalue weighted by Crippen LogP contribution is -2.57. The van der Waals surface area contributed by atoms with Gasteiger partial charge in [0.1, 0.15) is 21.8 Å². The fraction of sp³-hybridized carbons (Fsp3) is 0.417. The quantitative estimate of drug-likeness (QED) is 0.326. The van der Waals surface area contributed by atoms with Crippen molar-refractivity contribution in [3.8, 4) is 0 Å². The monoisotopic (exact) mass is 529 g/mol. The molecule has 10 nitrogen and oxygen atoms in total. The van der Waals surface area contributed by atoms with E-state index in [2.05, 4.69) is 5.32 Å². The molecule has 2 aromatic heterocycles. The van der Waals surface area contributed by atoms with Crippen LogP contribution < -0.4 is 15.8 Å². The van der Waals surface area contributed by atoms with Gasteiger partial charge in [0.15, 0.2) is 0 Å². The van der Waals surface area contributed by atoms with Crippen molar-refractivity contribution >= 4 is 63.6 Å². The second kappa shape index (κ2) is 10.8. The number of nitrogens with zero attached hydrogens (tertiary/aromatic N) is 4. The Balaban J connectivity index is 1.88. The summed E-state index contributed by atoms with van der Waals surface area (Å²) in [4.78, 5) is 60.1. The van der Waals surface area contributed by atoms with Crippen molar-refractivity contribution in [2.24, 2.45) is 0 Å². The lowest BCUT2D eigenvalue weighted by atomic mass is 10.1. The summed E-state index contributed by atoms with van der Waals surface area (Å²) in [6.45, 7) is 6.81. The van der Waals surface area contributed by atoms with Gasteiger partial charge in [0.25, 0.3) is 11.5 Å². The fourth-order valence-electron chi connectivity index (χ4n) is 4.19. The first-order chi connectivity index (χ1) is 17.2. The molecule has 1 atom stereocenters. The zero-order chi connectivity index (χ0) is 26.0. The second-order valence-electron chi connectivity index (χ2n) is 8.43. The number of carbonyl (C=O) groups excluding carboxylic acids is 3. The van der Waals surface area contributed by atoms with Gasteiger partial charge in [-0.3, -0.25) is 28.5 Å². The van der Waals surface area contributed by atoms with Gasteiger partial charge in [-0.25, -0.2) is 4.98 Å². The molecule has 36 heavy (non-hydrogen) atoms. The Morgan fingerprint density at radius 3 is 2.81 bits per heavy atom. The number of anilines is 1. The normalized spacial score (nSPS) is 19.4. The van der Waals surface area contributed by atoms with Crippen LogP contribution in [0.2, 0.25) is 0 Å². The van der Waals surface area contributed by atoms with Crippen LogP contribution in [0.15, 0.2) is 28.0 Å². The van der Waals surface area contributed by atoms with Crippen molar-refractivity contribution in [3.63, 3.8) is 0 Å². The lowest BCUT2D eigenvalue weighted by Gasteiger charge is -2.36. The van der Waals surface area contributed by atoms with E-state index in [4.69, 9.17) is 21.9 Å². The van der Waals surface area contributed by atoms with Gasteiger partial charge < -0.3 is 15.0 Å². The molecule has 0 bridgehead atoms. The van der Waals surface area contributed by atoms with Crippen LogP contribution in [0.25, 0.3) is 11.7 Å². The number of piperazine rings is 1. The highest BCUT2D eigenvalue weighted by Crippen LogP contribution is 2.34. The predicted octanol–water partition coefficient (Wildman–Crippen LogP) is 1.87. The number of esters is 1. The number of aryl methyl sites for hydroxylation is 1. The maximum Gasteiger partial charge on any atom is 0.308 e. The number of hydrogen-bond acceptors (Lipinski definition) is 9. The zero-order valence-corrected chi connectivity index (χ0v) is 21.9. The van der Waals surface area contributed by atoms with E-state index < -0.39 is 12.0 Å². The van der Waals surface area contributed by atoms with Gasteiger partial charge in [-0.2, -0.15) is 0 Å². The Kier molecular flexibility index (Phi) is 7.74. The van der Waals surface area contributed by atoms with Crippen molar-refractivity contribution in [1.82, 2.24) is 19.6 Å². The minimum Gasteiger partial charge on any atom is -0.466 e. The highest BCUT2D eigenvalue weighted by molar-refractivity contribution is 8.26. The molecule has 2 amide bonds. The smallest absolute Gasteiger partial charge is 0.308 e. The Labute approximate surface area is 217 Å². The third-order valence-corrected chi connectivity index (χ3v) is 7.23. The second-order valence-corrected chi connectivity index (χ2v) is 10.1. The number of hydrogen-bond donors (Lipinski definition) is 1. The Bertz CT molecular complexity index is 1340. The molecule has 2 aliphatic heterocycles. The topological polar surface area (TPSA) is 113 Å². The summed E-state index contributed by atoms with van der Waals surface area (Å²) in [6, 6.07) is 2.63. The molecular weight excluding hydrogens is 502 g/mol. The molecule has 4 heterocycles. The number of nitrogens with one attached hydrogen (secondary N) is 1. The minimum atomic E-state index is -0.917. The first-order valence-electron chi connectivity index (χ1n) is 11.7. The SMILES string of the molecule is CCCN1C(=O)C(=Cc2c(N3CCNC(=O)C3CC(=O)OCC)nc3ccc(C)cn3c2=O)SC1=S. The van der Waals surface area contributed by atoms with Crippen LogP contribution in [0.5, 0.6) is 0 Å². The summed E-state index contributed by atoms with van der Waals surface area (Å²) in [5, 5.41) is 2.77. The summed E-state index contributed by atoms with van der Waals surface area (Å²) in [5.41, 5.74) is 1.01. The summed E-state index contributed by atoms with van der Waals surface area (Å²) in [5.74, 6) is -0.931. The molecule has 2 fully saturated rings. The van der Waals surface area contributed by atoms with Gasteiger partial charge in [0.2, 0.25) is 5.91 Å². The van der Waals surface area contributed by atoms with Crippen molar-refractivity contribution in [2.75, 3.05) is 31.1 Å². The molecule has 0 aliphatic carbocycles. The van der Waals surface area contributed by atoms with E-state index in [1.54, 1.807) is 24.1 Å². The van der Waals surface area contributed by atoms with E-state index >= 15 is 0 Å². The number of aromatic nitrogens is 2. The first kappa shape index (κ1) is 25.8. The molecule has 0 saturated carbocycles. The van der Waals surface area contributed by atoms with Crippen molar-refractivity contribution in [1.29, 1.82) is 0 Å². The van der Waals surface area contributed by atoms with Crippen LogP contribution in [-0.4, -0.2) is 68.7 Å². The molecule has 4 rings (SSSR count). The fourth-order valence-corrected chi connectivity index (χ4v) is 5.48. The zero-order valence-electron chi connectivity index (χ0n) is 20.3. The summed E-state index contributed by atoms with van der Waals surface area (Å²) >= 11 is 6.51. The van der Waals surface area contributed by atoms with E-state index in [0.717, 1.165) is 23.7 Å². The summed E-state index contributed by atoms with van der Waals surface area (Å²) in [7, 11) is 0. The summed E-state index contributed by atoms with van der Waals surface area (Å²) < 4.78 is 6.92. The van der Waals surface area contributed by atoms with E-state index in [9.17, 15) is 19.2 Å². The van der Waals surface area contributed by atoms with Crippen LogP contribution >= 0.6 is 24.0 Å². The van der Waals surface area contributed by atoms with E-state index in [1.807, 2.05) is 19.9 Å². The van der Waals surface area contributed by atoms with Crippen LogP contribution in [0.1, 0.15) is 37.8 Å². The Morgan fingerprint density at radius 2 is 2.08 bits per heavy atom. The number of thiocarbonyl (C=S) groups is 1. The maximum absolute atomic E-state index is 13.7. The molecule has 2 saturated heterocycles. The number of rotatable bonds is 7. The standard InChI is InChI=1S/C24H27N5O5S2/c1-4-9-28-23(33)17(36-24(28)35)11-15-20(26-18-7-6-14(3)13-29(18)22(15)32)27-10-8-25-21(31)16(27)12-19(30)34-5-2/h6-7,11,13,16H,4-5,8-10,12H2,1-3H3,(H,25,31). The van der Waals surface area contributed by atoms with E-state index in [0.29, 0.717) is 34.5 Å². The molecule has 2 aliphatic rings. The molecule has 190 valence electrons. The van der Waals surface area contributed by atoms with Crippen LogP contribution in [0, 0.1) is 6.92 Å². The van der Waals surface area contributed by atoms with Gasteiger partial charge in [0, 0.05) is 25.8 Å². The largest absolute Gasteiger partial charge is 0.466 e. The Morgan fingerprint density at radius 1 is 1.31 bits per heavy atom. The van der Waals surface area contributed by atoms with Gasteiger partial charge in [-0.15, -0.1) is 0 Å². The maximum atomic E-state index is 13.7. The number of thioether (sulfide) groups is 1. The number of carbonyl (C=O) groups is 3. The third kappa shape index (κ3) is 5.00. The molecular formula is C24H27N5O5S2. The van der Waals surface area contributed by atoms with Crippen molar-refractivity contribution in [2.45, 2.75) is 39.7 Å². The summed E-state index contributed by atoms with van der Waals surface area (Å²) in [6.07, 6.45) is 3.71. The molecule has 1 unspecified atom stereocenters. The van der Waals surface area contributed by atoms with Gasteiger partial charge in [0.05, 0.1) is 23.5 Å². The van der Waals surface area contributed by atoms with Gasteiger partial charge in [-0.05, 0) is 38.0 Å². The lowest BCUT2D eigenvalue weighted by molar-refractivity contribution is -0.145. The van der Waals surface area contributed by atoms with Crippen LogP contribution in [0.3, 0.4) is 0 Å². The number of amides is 2. The predicted molar refractivity (Wildman–Crippen MR) is 142 cm³/mol. The number of pyridine rings is 1. The molecule has 2 aromatic rings. The first-order valence-corrected chi connectivity index (χ1v) is 13.0. The molecule has 1 N–H and O–H groups in total. The van der Waals surface area contributed by atoms with Crippen molar-refractivity contribution < 1.29 is 19.1 Å². The highest BCUT2D eigenvalue weighted by atomic mass is 32.2. The third-order valence-electron chi connectivity index (χ3n) is 5.85. The van der Waals surface area contributed by atoms with E-state index in [-0.39, 0.29) is 41.8 Å². The minimum absolute atomic E-state index is 0.152. The molecule has 0 spiro atoms. The molecule has 12 heteroatoms. The Hall–Kier alpha value is -3.25.